The molecule has 0 fully saturated rings. The summed E-state index contributed by atoms with van der Waals surface area (Å²) in [5.74, 6) is 0.283. The van der Waals surface area contributed by atoms with E-state index in [2.05, 4.69) is 43.3 Å². The molecule has 0 heterocycles. The van der Waals surface area contributed by atoms with Gasteiger partial charge in [0.05, 0.1) is 0 Å². The third kappa shape index (κ3) is 5.37. The lowest BCUT2D eigenvalue weighted by atomic mass is 9.88. The van der Waals surface area contributed by atoms with E-state index in [1.54, 1.807) is 0 Å². The monoisotopic (exact) mass is 244 g/mol. The first-order valence-electron chi connectivity index (χ1n) is 5.99. The first-order valence-corrected chi connectivity index (χ1v) is 5.99. The molecule has 0 aliphatic rings. The molecule has 0 aromatic heterocycles. The lowest BCUT2D eigenvalue weighted by Gasteiger charge is -2.33. The number of nitrogens with one attached hydrogen (secondary N) is 1. The van der Waals surface area contributed by atoms with Gasteiger partial charge in [0, 0.05) is 17.5 Å². The summed E-state index contributed by atoms with van der Waals surface area (Å²) in [5.41, 5.74) is 5.48. The van der Waals surface area contributed by atoms with Crippen molar-refractivity contribution in [2.75, 3.05) is 27.2 Å². The van der Waals surface area contributed by atoms with Crippen LogP contribution in [-0.4, -0.2) is 48.7 Å². The predicted octanol–water partition coefficient (Wildman–Crippen LogP) is 1.08. The number of hydrogen-bond donors (Lipinski definition) is 3. The minimum Gasteiger partial charge on any atom is -0.409 e. The average molecular weight is 244 g/mol. The Morgan fingerprint density at radius 2 is 1.82 bits per heavy atom. The SMILES string of the molecule is CN(C)C(C)(C)CNCCC(C)(C)C(N)=NO. The van der Waals surface area contributed by atoms with E-state index in [0.717, 1.165) is 19.5 Å². The fourth-order valence-corrected chi connectivity index (χ4v) is 1.22. The molecule has 0 radical (unpaired) electrons. The Balaban J connectivity index is 4.02. The second-order valence-corrected chi connectivity index (χ2v) is 6.00. The number of oxime groups is 1. The van der Waals surface area contributed by atoms with Gasteiger partial charge >= 0.3 is 0 Å². The van der Waals surface area contributed by atoms with Crippen molar-refractivity contribution in [1.82, 2.24) is 10.2 Å². The zero-order chi connectivity index (χ0) is 13.7. The van der Waals surface area contributed by atoms with Crippen LogP contribution in [0.25, 0.3) is 0 Å². The first-order chi connectivity index (χ1) is 7.63. The van der Waals surface area contributed by atoms with Crippen molar-refractivity contribution in [2.45, 2.75) is 39.7 Å². The molecule has 0 aromatic rings. The van der Waals surface area contributed by atoms with E-state index < -0.39 is 0 Å². The third-order valence-electron chi connectivity index (χ3n) is 3.50. The molecular weight excluding hydrogens is 216 g/mol. The van der Waals surface area contributed by atoms with Gasteiger partial charge in [0.15, 0.2) is 0 Å². The Bertz CT molecular complexity index is 259. The van der Waals surface area contributed by atoms with E-state index in [4.69, 9.17) is 10.9 Å². The largest absolute Gasteiger partial charge is 0.409 e. The van der Waals surface area contributed by atoms with Gasteiger partial charge in [-0.2, -0.15) is 0 Å². The Hall–Kier alpha value is -0.810. The van der Waals surface area contributed by atoms with Gasteiger partial charge in [-0.05, 0) is 40.9 Å². The van der Waals surface area contributed by atoms with Crippen LogP contribution in [0.15, 0.2) is 5.16 Å². The fraction of sp³-hybridized carbons (Fsp3) is 0.917. The Labute approximate surface area is 105 Å². The van der Waals surface area contributed by atoms with E-state index >= 15 is 0 Å². The number of likely N-dealkylation sites (N-methyl/N-ethyl adjacent to an activating group) is 1. The van der Waals surface area contributed by atoms with E-state index in [-0.39, 0.29) is 16.8 Å². The molecule has 17 heavy (non-hydrogen) atoms. The Kier molecular flexibility index (Phi) is 5.92. The zero-order valence-electron chi connectivity index (χ0n) is 12.0. The molecule has 0 amide bonds. The summed E-state index contributed by atoms with van der Waals surface area (Å²) in [4.78, 5) is 2.19. The van der Waals surface area contributed by atoms with E-state index in [1.807, 2.05) is 13.8 Å². The van der Waals surface area contributed by atoms with Crippen LogP contribution in [0.3, 0.4) is 0 Å². The van der Waals surface area contributed by atoms with Crippen molar-refractivity contribution in [2.24, 2.45) is 16.3 Å². The summed E-state index contributed by atoms with van der Waals surface area (Å²) in [6.07, 6.45) is 0.840. The summed E-state index contributed by atoms with van der Waals surface area (Å²) in [7, 11) is 4.14. The quantitative estimate of drug-likeness (QED) is 0.206. The van der Waals surface area contributed by atoms with Gasteiger partial charge in [-0.25, -0.2) is 0 Å². The molecule has 0 aliphatic carbocycles. The maximum Gasteiger partial charge on any atom is 0.144 e. The summed E-state index contributed by atoms with van der Waals surface area (Å²) in [6.45, 7) is 10.1. The molecule has 0 saturated heterocycles. The number of amidine groups is 1. The molecule has 4 N–H and O–H groups in total. The van der Waals surface area contributed by atoms with Crippen LogP contribution in [0.1, 0.15) is 34.1 Å². The van der Waals surface area contributed by atoms with Gasteiger partial charge in [-0.1, -0.05) is 19.0 Å². The van der Waals surface area contributed by atoms with Gasteiger partial charge < -0.3 is 21.2 Å². The summed E-state index contributed by atoms with van der Waals surface area (Å²) >= 11 is 0. The van der Waals surface area contributed by atoms with Gasteiger partial charge in [-0.3, -0.25) is 0 Å². The minimum absolute atomic E-state index is 0.126. The van der Waals surface area contributed by atoms with Crippen molar-refractivity contribution >= 4 is 5.84 Å². The highest BCUT2D eigenvalue weighted by molar-refractivity contribution is 5.85. The highest BCUT2D eigenvalue weighted by Gasteiger charge is 2.24. The highest BCUT2D eigenvalue weighted by Crippen LogP contribution is 2.19. The molecule has 5 heteroatoms. The number of hydrogen-bond acceptors (Lipinski definition) is 4. The first kappa shape index (κ1) is 16.2. The topological polar surface area (TPSA) is 73.9 Å². The molecule has 0 atom stereocenters. The maximum absolute atomic E-state index is 8.66. The smallest absolute Gasteiger partial charge is 0.144 e. The molecule has 5 nitrogen and oxygen atoms in total. The van der Waals surface area contributed by atoms with Crippen LogP contribution in [0.4, 0.5) is 0 Å². The van der Waals surface area contributed by atoms with E-state index in [9.17, 15) is 0 Å². The molecule has 102 valence electrons. The van der Waals surface area contributed by atoms with Crippen molar-refractivity contribution in [3.63, 3.8) is 0 Å². The number of nitrogens with zero attached hydrogens (tertiary/aromatic N) is 2. The predicted molar refractivity (Wildman–Crippen MR) is 72.4 cm³/mol. The summed E-state index contributed by atoms with van der Waals surface area (Å²) in [6, 6.07) is 0. The van der Waals surface area contributed by atoms with Gasteiger partial charge in [-0.15, -0.1) is 0 Å². The summed E-state index contributed by atoms with van der Waals surface area (Å²) in [5, 5.41) is 15.1. The van der Waals surface area contributed by atoms with Gasteiger partial charge in [0.2, 0.25) is 0 Å². The fourth-order valence-electron chi connectivity index (χ4n) is 1.22. The second-order valence-electron chi connectivity index (χ2n) is 6.00. The van der Waals surface area contributed by atoms with Crippen LogP contribution in [0.2, 0.25) is 0 Å². The van der Waals surface area contributed by atoms with Crippen LogP contribution in [0.5, 0.6) is 0 Å². The second kappa shape index (κ2) is 6.21. The normalized spacial score (nSPS) is 14.4. The molecule has 0 rings (SSSR count). The lowest BCUT2D eigenvalue weighted by molar-refractivity contribution is 0.189. The van der Waals surface area contributed by atoms with E-state index in [0.29, 0.717) is 0 Å². The molecule has 0 unspecified atom stereocenters. The third-order valence-corrected chi connectivity index (χ3v) is 3.50. The van der Waals surface area contributed by atoms with Crippen LogP contribution >= 0.6 is 0 Å². The van der Waals surface area contributed by atoms with Crippen molar-refractivity contribution in [1.29, 1.82) is 0 Å². The number of nitrogens with two attached hydrogens (primary N) is 1. The van der Waals surface area contributed by atoms with Crippen molar-refractivity contribution in [3.05, 3.63) is 0 Å². The maximum atomic E-state index is 8.66. The van der Waals surface area contributed by atoms with E-state index in [1.165, 1.54) is 0 Å². The van der Waals surface area contributed by atoms with Crippen molar-refractivity contribution < 1.29 is 5.21 Å². The standard InChI is InChI=1S/C12H28N4O/c1-11(2,10(13)15-17)7-8-14-9-12(3,4)16(5)6/h14,17H,7-9H2,1-6H3,(H2,13,15). The molecular formula is C12H28N4O. The molecule has 0 spiro atoms. The molecule has 0 bridgehead atoms. The van der Waals surface area contributed by atoms with Crippen LogP contribution < -0.4 is 11.1 Å². The van der Waals surface area contributed by atoms with Gasteiger partial charge in [0.1, 0.15) is 5.84 Å². The Morgan fingerprint density at radius 3 is 2.24 bits per heavy atom. The molecule has 0 aromatic carbocycles. The average Bonchev–Trinajstić information content (AvgIpc) is 2.23. The lowest BCUT2D eigenvalue weighted by Crippen LogP contribution is -2.47. The van der Waals surface area contributed by atoms with Crippen molar-refractivity contribution in [3.8, 4) is 0 Å². The van der Waals surface area contributed by atoms with Gasteiger partial charge in [0.25, 0.3) is 0 Å². The molecule has 0 aliphatic heterocycles. The minimum atomic E-state index is -0.274. The Morgan fingerprint density at radius 1 is 1.29 bits per heavy atom. The summed E-state index contributed by atoms with van der Waals surface area (Å²) < 4.78 is 0. The zero-order valence-corrected chi connectivity index (χ0v) is 12.0. The van der Waals surface area contributed by atoms with Crippen LogP contribution in [-0.2, 0) is 0 Å². The molecule has 0 saturated carbocycles. The van der Waals surface area contributed by atoms with Crippen LogP contribution in [0, 0.1) is 5.41 Å². The number of rotatable bonds is 7. The highest BCUT2D eigenvalue weighted by atomic mass is 16.4.